The molecule has 0 aliphatic heterocycles. The van der Waals surface area contributed by atoms with E-state index in [-0.39, 0.29) is 18.1 Å². The number of imidazole rings is 1. The Balaban J connectivity index is 2.39. The van der Waals surface area contributed by atoms with E-state index >= 15 is 0 Å². The maximum Gasteiger partial charge on any atom is 0.226 e. The van der Waals surface area contributed by atoms with Gasteiger partial charge in [0.2, 0.25) is 5.91 Å². The van der Waals surface area contributed by atoms with E-state index < -0.39 is 6.04 Å². The number of carbonyl (C=O) groups excluding carboxylic acids is 2. The van der Waals surface area contributed by atoms with E-state index in [1.165, 1.54) is 6.33 Å². The number of hydrogen-bond donors (Lipinski definition) is 2. The van der Waals surface area contributed by atoms with Crippen LogP contribution in [0.5, 0.6) is 0 Å². The zero-order valence-electron chi connectivity index (χ0n) is 8.91. The summed E-state index contributed by atoms with van der Waals surface area (Å²) in [5.41, 5.74) is 0.739. The number of Topliss-reactive ketones (excluding diaryl/α,β-unsaturated/α-hetero) is 1. The van der Waals surface area contributed by atoms with E-state index in [4.69, 9.17) is 0 Å². The number of nitrogens with one attached hydrogen (secondary N) is 2. The minimum absolute atomic E-state index is 0.0351. The molecule has 0 aliphatic carbocycles. The average Bonchev–Trinajstić information content (AvgIpc) is 2.68. The van der Waals surface area contributed by atoms with Crippen LogP contribution in [-0.4, -0.2) is 27.7 Å². The number of hydrogen-bond acceptors (Lipinski definition) is 3. The number of carbonyl (C=O) groups is 2. The molecule has 0 spiro atoms. The molecule has 15 heavy (non-hydrogen) atoms. The summed E-state index contributed by atoms with van der Waals surface area (Å²) in [6.07, 6.45) is 3.77. The van der Waals surface area contributed by atoms with Crippen LogP contribution in [0.1, 0.15) is 26.0 Å². The Morgan fingerprint density at radius 1 is 1.60 bits per heavy atom. The molecule has 1 aromatic rings. The van der Waals surface area contributed by atoms with Crippen molar-refractivity contribution < 1.29 is 9.59 Å². The van der Waals surface area contributed by atoms with Gasteiger partial charge < -0.3 is 10.3 Å². The smallest absolute Gasteiger partial charge is 0.226 e. The van der Waals surface area contributed by atoms with Crippen LogP contribution in [0.3, 0.4) is 0 Å². The van der Waals surface area contributed by atoms with Crippen LogP contribution in [0.15, 0.2) is 12.5 Å². The third-order valence-corrected chi connectivity index (χ3v) is 2.11. The van der Waals surface area contributed by atoms with Gasteiger partial charge in [-0.2, -0.15) is 0 Å². The molecular formula is C10H15N3O2. The van der Waals surface area contributed by atoms with Crippen molar-refractivity contribution in [1.29, 1.82) is 0 Å². The van der Waals surface area contributed by atoms with Crippen molar-refractivity contribution in [2.75, 3.05) is 0 Å². The first-order valence-electron chi connectivity index (χ1n) is 4.92. The number of rotatable bonds is 5. The van der Waals surface area contributed by atoms with E-state index in [9.17, 15) is 9.59 Å². The fourth-order valence-electron chi connectivity index (χ4n) is 1.23. The highest BCUT2D eigenvalue weighted by Crippen LogP contribution is 1.95. The molecule has 1 aromatic heterocycles. The Hall–Kier alpha value is -1.65. The van der Waals surface area contributed by atoms with E-state index in [0.717, 1.165) is 5.69 Å². The van der Waals surface area contributed by atoms with Crippen molar-refractivity contribution in [1.82, 2.24) is 15.3 Å². The van der Waals surface area contributed by atoms with Crippen LogP contribution >= 0.6 is 0 Å². The summed E-state index contributed by atoms with van der Waals surface area (Å²) < 4.78 is 0. The second kappa shape index (κ2) is 5.29. The van der Waals surface area contributed by atoms with E-state index in [1.807, 2.05) is 0 Å². The number of H-pyrrole nitrogens is 1. The van der Waals surface area contributed by atoms with Gasteiger partial charge in [-0.15, -0.1) is 0 Å². The van der Waals surface area contributed by atoms with Crippen molar-refractivity contribution in [2.45, 2.75) is 32.7 Å². The molecule has 2 N–H and O–H groups in total. The van der Waals surface area contributed by atoms with E-state index in [2.05, 4.69) is 15.3 Å². The minimum Gasteiger partial charge on any atom is -0.348 e. The zero-order chi connectivity index (χ0) is 11.3. The van der Waals surface area contributed by atoms with Crippen molar-refractivity contribution in [3.05, 3.63) is 18.2 Å². The van der Waals surface area contributed by atoms with Crippen molar-refractivity contribution in [3.8, 4) is 0 Å². The number of aromatic amines is 1. The van der Waals surface area contributed by atoms with E-state index in [1.54, 1.807) is 20.0 Å². The second-order valence-electron chi connectivity index (χ2n) is 3.36. The number of ketones is 1. The second-order valence-corrected chi connectivity index (χ2v) is 3.36. The minimum atomic E-state index is -0.412. The lowest BCUT2D eigenvalue weighted by molar-refractivity contribution is -0.126. The highest BCUT2D eigenvalue weighted by atomic mass is 16.2. The van der Waals surface area contributed by atoms with Crippen molar-refractivity contribution >= 4 is 11.7 Å². The van der Waals surface area contributed by atoms with Crippen molar-refractivity contribution in [3.63, 3.8) is 0 Å². The Labute approximate surface area is 88.3 Å². The van der Waals surface area contributed by atoms with Gasteiger partial charge in [0, 0.05) is 18.3 Å². The van der Waals surface area contributed by atoms with Gasteiger partial charge in [-0.1, -0.05) is 6.92 Å². The van der Waals surface area contributed by atoms with Crippen LogP contribution in [0, 0.1) is 0 Å². The van der Waals surface area contributed by atoms with Gasteiger partial charge in [0.25, 0.3) is 0 Å². The average molecular weight is 209 g/mol. The van der Waals surface area contributed by atoms with Crippen molar-refractivity contribution in [2.24, 2.45) is 0 Å². The maximum atomic E-state index is 11.4. The molecule has 0 saturated heterocycles. The summed E-state index contributed by atoms with van der Waals surface area (Å²) in [4.78, 5) is 29.3. The summed E-state index contributed by atoms with van der Waals surface area (Å²) >= 11 is 0. The van der Waals surface area contributed by atoms with Gasteiger partial charge >= 0.3 is 0 Å². The standard InChI is InChI=1S/C10H15N3O2/c1-3-9(14)7(2)13-10(15)4-8-5-11-6-12-8/h5-7H,3-4H2,1-2H3,(H,11,12)(H,13,15). The fourth-order valence-corrected chi connectivity index (χ4v) is 1.23. The largest absolute Gasteiger partial charge is 0.348 e. The van der Waals surface area contributed by atoms with Crippen LogP contribution < -0.4 is 5.32 Å². The van der Waals surface area contributed by atoms with Gasteiger partial charge in [-0.05, 0) is 6.92 Å². The zero-order valence-corrected chi connectivity index (χ0v) is 8.91. The third-order valence-electron chi connectivity index (χ3n) is 2.11. The monoisotopic (exact) mass is 209 g/mol. The summed E-state index contributed by atoms with van der Waals surface area (Å²) in [5.74, 6) is -0.137. The molecule has 0 radical (unpaired) electrons. The lowest BCUT2D eigenvalue weighted by atomic mass is 10.1. The molecule has 0 fully saturated rings. The van der Waals surface area contributed by atoms with Crippen LogP contribution in [0.2, 0.25) is 0 Å². The van der Waals surface area contributed by atoms with Gasteiger partial charge in [0.05, 0.1) is 18.8 Å². The lowest BCUT2D eigenvalue weighted by Gasteiger charge is -2.10. The Bertz CT molecular complexity index is 332. The topological polar surface area (TPSA) is 74.8 Å². The first kappa shape index (κ1) is 11.4. The van der Waals surface area contributed by atoms with E-state index in [0.29, 0.717) is 6.42 Å². The first-order valence-corrected chi connectivity index (χ1v) is 4.92. The number of amides is 1. The molecule has 0 aromatic carbocycles. The summed E-state index contributed by atoms with van der Waals surface area (Å²) in [7, 11) is 0. The van der Waals surface area contributed by atoms with Gasteiger partial charge in [0.15, 0.2) is 5.78 Å². The Morgan fingerprint density at radius 2 is 2.33 bits per heavy atom. The Morgan fingerprint density at radius 3 is 2.87 bits per heavy atom. The van der Waals surface area contributed by atoms with Gasteiger partial charge in [-0.3, -0.25) is 9.59 Å². The molecule has 1 amide bonds. The molecule has 0 bridgehead atoms. The van der Waals surface area contributed by atoms with Crippen LogP contribution in [0.25, 0.3) is 0 Å². The highest BCUT2D eigenvalue weighted by Gasteiger charge is 2.13. The van der Waals surface area contributed by atoms with Crippen LogP contribution in [-0.2, 0) is 16.0 Å². The fraction of sp³-hybridized carbons (Fsp3) is 0.500. The normalized spacial score (nSPS) is 12.1. The molecule has 82 valence electrons. The van der Waals surface area contributed by atoms with Crippen LogP contribution in [0.4, 0.5) is 0 Å². The molecule has 1 heterocycles. The highest BCUT2D eigenvalue weighted by molar-refractivity contribution is 5.88. The Kier molecular flexibility index (Phi) is 4.03. The predicted octanol–water partition coefficient (Wildman–Crippen LogP) is 0.436. The van der Waals surface area contributed by atoms with Gasteiger partial charge in [0.1, 0.15) is 0 Å². The summed E-state index contributed by atoms with van der Waals surface area (Å²) in [5, 5.41) is 2.63. The molecular weight excluding hydrogens is 194 g/mol. The lowest BCUT2D eigenvalue weighted by Crippen LogP contribution is -2.39. The predicted molar refractivity (Wildman–Crippen MR) is 55.2 cm³/mol. The molecule has 5 heteroatoms. The molecule has 5 nitrogen and oxygen atoms in total. The van der Waals surface area contributed by atoms with Gasteiger partial charge in [-0.25, -0.2) is 4.98 Å². The molecule has 0 aliphatic rings. The molecule has 0 saturated carbocycles. The number of nitrogens with zero attached hydrogens (tertiary/aromatic N) is 1. The summed E-state index contributed by atoms with van der Waals surface area (Å²) in [6.45, 7) is 3.47. The third kappa shape index (κ3) is 3.53. The molecule has 1 unspecified atom stereocenters. The molecule has 1 atom stereocenters. The first-order chi connectivity index (χ1) is 7.13. The summed E-state index contributed by atoms with van der Waals surface area (Å²) in [6, 6.07) is -0.412. The SMILES string of the molecule is CCC(=O)C(C)NC(=O)Cc1cnc[nH]1. The number of aromatic nitrogens is 2. The quantitative estimate of drug-likeness (QED) is 0.738. The molecule has 1 rings (SSSR count). The maximum absolute atomic E-state index is 11.4.